The van der Waals surface area contributed by atoms with E-state index in [-0.39, 0.29) is 23.8 Å². The summed E-state index contributed by atoms with van der Waals surface area (Å²) >= 11 is 0. The number of likely N-dealkylation sites (N-methyl/N-ethyl adjacent to an activating group) is 1. The van der Waals surface area contributed by atoms with Gasteiger partial charge in [0.1, 0.15) is 17.6 Å². The summed E-state index contributed by atoms with van der Waals surface area (Å²) in [6.07, 6.45) is 2.20. The first-order valence-electron chi connectivity index (χ1n) is 10.9. The Balaban J connectivity index is 1.47. The van der Waals surface area contributed by atoms with Crippen LogP contribution in [0.25, 0.3) is 0 Å². The van der Waals surface area contributed by atoms with Crippen LogP contribution in [0.4, 0.5) is 0 Å². The van der Waals surface area contributed by atoms with E-state index in [2.05, 4.69) is 16.9 Å². The SMILES string of the molecule is Cc1ocnc1C(=O)N1CC[C@H](Oc2ccccc2)[C@@H](CC(=O)N2CCN(C)CC2)C1. The molecule has 2 amide bonds. The van der Waals surface area contributed by atoms with Crippen molar-refractivity contribution in [3.8, 4) is 5.75 Å². The number of aromatic nitrogens is 1. The molecule has 0 spiro atoms. The molecule has 1 aromatic heterocycles. The fourth-order valence-corrected chi connectivity index (χ4v) is 4.29. The van der Waals surface area contributed by atoms with Gasteiger partial charge in [0.2, 0.25) is 5.91 Å². The molecule has 0 saturated carbocycles. The minimum atomic E-state index is -0.151. The van der Waals surface area contributed by atoms with E-state index in [0.717, 1.165) is 31.9 Å². The summed E-state index contributed by atoms with van der Waals surface area (Å²) < 4.78 is 11.5. The Kier molecular flexibility index (Phi) is 6.56. The van der Waals surface area contributed by atoms with Gasteiger partial charge in [-0.15, -0.1) is 0 Å². The maximum atomic E-state index is 13.1. The summed E-state index contributed by atoms with van der Waals surface area (Å²) in [5.74, 6) is 1.19. The van der Waals surface area contributed by atoms with Gasteiger partial charge < -0.3 is 23.9 Å². The second-order valence-corrected chi connectivity index (χ2v) is 8.41. The van der Waals surface area contributed by atoms with Crippen LogP contribution >= 0.6 is 0 Å². The van der Waals surface area contributed by atoms with E-state index in [1.807, 2.05) is 35.2 Å². The van der Waals surface area contributed by atoms with E-state index in [1.165, 1.54) is 6.39 Å². The fraction of sp³-hybridized carbons (Fsp3) is 0.522. The Labute approximate surface area is 182 Å². The minimum Gasteiger partial charge on any atom is -0.490 e. The molecular weight excluding hydrogens is 396 g/mol. The Bertz CT molecular complexity index is 892. The number of benzene rings is 1. The second kappa shape index (κ2) is 9.51. The molecule has 0 radical (unpaired) electrons. The van der Waals surface area contributed by atoms with Crippen LogP contribution in [0.3, 0.4) is 0 Å². The molecule has 4 rings (SSSR count). The molecule has 2 aliphatic rings. The van der Waals surface area contributed by atoms with Crippen LogP contribution < -0.4 is 4.74 Å². The van der Waals surface area contributed by atoms with Gasteiger partial charge in [-0.05, 0) is 26.1 Å². The monoisotopic (exact) mass is 426 g/mol. The molecule has 1 aromatic carbocycles. The van der Waals surface area contributed by atoms with Crippen LogP contribution in [0.15, 0.2) is 41.1 Å². The first-order chi connectivity index (χ1) is 15.0. The highest BCUT2D eigenvalue weighted by Gasteiger charge is 2.36. The number of piperidine rings is 1. The van der Waals surface area contributed by atoms with Gasteiger partial charge in [0.25, 0.3) is 5.91 Å². The lowest BCUT2D eigenvalue weighted by Crippen LogP contribution is -2.51. The fourth-order valence-electron chi connectivity index (χ4n) is 4.29. The third-order valence-electron chi connectivity index (χ3n) is 6.22. The van der Waals surface area contributed by atoms with Gasteiger partial charge in [-0.1, -0.05) is 18.2 Å². The number of carbonyl (C=O) groups excluding carboxylic acids is 2. The molecular formula is C23H30N4O4. The van der Waals surface area contributed by atoms with E-state index in [9.17, 15) is 9.59 Å². The van der Waals surface area contributed by atoms with E-state index in [1.54, 1.807) is 11.8 Å². The van der Waals surface area contributed by atoms with Gasteiger partial charge in [-0.3, -0.25) is 9.59 Å². The number of carbonyl (C=O) groups is 2. The molecule has 31 heavy (non-hydrogen) atoms. The highest BCUT2D eigenvalue weighted by Crippen LogP contribution is 2.27. The lowest BCUT2D eigenvalue weighted by Gasteiger charge is -2.39. The first kappa shape index (κ1) is 21.4. The average molecular weight is 427 g/mol. The van der Waals surface area contributed by atoms with Gasteiger partial charge in [0.05, 0.1) is 0 Å². The first-order valence-corrected chi connectivity index (χ1v) is 10.9. The lowest BCUT2D eigenvalue weighted by atomic mass is 9.90. The zero-order valence-corrected chi connectivity index (χ0v) is 18.2. The molecule has 0 aliphatic carbocycles. The Morgan fingerprint density at radius 1 is 1.10 bits per heavy atom. The number of oxazole rings is 1. The van der Waals surface area contributed by atoms with Crippen LogP contribution in [-0.4, -0.2) is 83.9 Å². The molecule has 2 aromatic rings. The van der Waals surface area contributed by atoms with E-state index in [0.29, 0.717) is 37.4 Å². The lowest BCUT2D eigenvalue weighted by molar-refractivity contribution is -0.135. The van der Waals surface area contributed by atoms with Crippen molar-refractivity contribution in [3.63, 3.8) is 0 Å². The number of nitrogens with zero attached hydrogens (tertiary/aromatic N) is 4. The zero-order valence-electron chi connectivity index (χ0n) is 18.2. The van der Waals surface area contributed by atoms with Crippen LogP contribution in [0.5, 0.6) is 5.75 Å². The van der Waals surface area contributed by atoms with Gasteiger partial charge in [-0.2, -0.15) is 0 Å². The maximum Gasteiger partial charge on any atom is 0.276 e. The van der Waals surface area contributed by atoms with Gasteiger partial charge in [0.15, 0.2) is 12.1 Å². The summed E-state index contributed by atoms with van der Waals surface area (Å²) in [5, 5.41) is 0. The van der Waals surface area contributed by atoms with E-state index < -0.39 is 0 Å². The third-order valence-corrected chi connectivity index (χ3v) is 6.22. The van der Waals surface area contributed by atoms with Crippen molar-refractivity contribution in [2.45, 2.75) is 25.9 Å². The smallest absolute Gasteiger partial charge is 0.276 e. The largest absolute Gasteiger partial charge is 0.490 e. The van der Waals surface area contributed by atoms with Crippen molar-refractivity contribution < 1.29 is 18.7 Å². The number of hydrogen-bond donors (Lipinski definition) is 0. The van der Waals surface area contributed by atoms with Gasteiger partial charge in [0, 0.05) is 58.0 Å². The molecule has 2 saturated heterocycles. The topological polar surface area (TPSA) is 79.1 Å². The normalized spacial score (nSPS) is 22.4. The van der Waals surface area contributed by atoms with Crippen molar-refractivity contribution in [1.29, 1.82) is 0 Å². The number of aryl methyl sites for hydroxylation is 1. The quantitative estimate of drug-likeness (QED) is 0.728. The van der Waals surface area contributed by atoms with Gasteiger partial charge >= 0.3 is 0 Å². The van der Waals surface area contributed by atoms with Crippen molar-refractivity contribution in [2.75, 3.05) is 46.3 Å². The highest BCUT2D eigenvalue weighted by molar-refractivity contribution is 5.93. The molecule has 2 atom stereocenters. The summed E-state index contributed by atoms with van der Waals surface area (Å²) in [6, 6.07) is 9.67. The Hall–Kier alpha value is -2.87. The minimum absolute atomic E-state index is 0.0859. The molecule has 2 fully saturated rings. The summed E-state index contributed by atoms with van der Waals surface area (Å²) in [4.78, 5) is 36.0. The summed E-state index contributed by atoms with van der Waals surface area (Å²) in [7, 11) is 2.07. The molecule has 0 N–H and O–H groups in total. The molecule has 0 unspecified atom stereocenters. The zero-order chi connectivity index (χ0) is 21.8. The number of amides is 2. The van der Waals surface area contributed by atoms with E-state index >= 15 is 0 Å². The Morgan fingerprint density at radius 3 is 2.52 bits per heavy atom. The van der Waals surface area contributed by atoms with Crippen LogP contribution in [0, 0.1) is 12.8 Å². The highest BCUT2D eigenvalue weighted by atomic mass is 16.5. The predicted molar refractivity (Wildman–Crippen MR) is 115 cm³/mol. The van der Waals surface area contributed by atoms with Crippen LogP contribution in [0.1, 0.15) is 29.1 Å². The number of ether oxygens (including phenoxy) is 1. The number of hydrogen-bond acceptors (Lipinski definition) is 6. The molecule has 8 nitrogen and oxygen atoms in total. The van der Waals surface area contributed by atoms with Crippen LogP contribution in [0.2, 0.25) is 0 Å². The third kappa shape index (κ3) is 5.07. The molecule has 2 aliphatic heterocycles. The van der Waals surface area contributed by atoms with Gasteiger partial charge in [-0.25, -0.2) is 4.98 Å². The number of likely N-dealkylation sites (tertiary alicyclic amines) is 1. The predicted octanol–water partition coefficient (Wildman–Crippen LogP) is 2.06. The average Bonchev–Trinajstić information content (AvgIpc) is 3.21. The molecule has 3 heterocycles. The summed E-state index contributed by atoms with van der Waals surface area (Å²) in [6.45, 7) is 6.01. The summed E-state index contributed by atoms with van der Waals surface area (Å²) in [5.41, 5.74) is 0.339. The molecule has 0 bridgehead atoms. The van der Waals surface area contributed by atoms with Crippen molar-refractivity contribution >= 4 is 11.8 Å². The standard InChI is InChI=1S/C23H30N4O4/c1-17-22(24-16-30-17)23(29)27-9-8-20(31-19-6-4-3-5-7-19)18(15-27)14-21(28)26-12-10-25(2)11-13-26/h3-7,16,18,20H,8-15H2,1-2H3/t18-,20-/m0/s1. The maximum absolute atomic E-state index is 13.1. The number of rotatable bonds is 5. The van der Waals surface area contributed by atoms with Crippen molar-refractivity contribution in [3.05, 3.63) is 48.2 Å². The van der Waals surface area contributed by atoms with Crippen LogP contribution in [-0.2, 0) is 4.79 Å². The molecule has 8 heteroatoms. The van der Waals surface area contributed by atoms with Crippen molar-refractivity contribution in [1.82, 2.24) is 19.7 Å². The molecule has 166 valence electrons. The van der Waals surface area contributed by atoms with Crippen molar-refractivity contribution in [2.24, 2.45) is 5.92 Å². The number of piperazine rings is 1. The number of para-hydroxylation sites is 1. The van der Waals surface area contributed by atoms with E-state index in [4.69, 9.17) is 9.15 Å². The Morgan fingerprint density at radius 2 is 1.84 bits per heavy atom. The second-order valence-electron chi connectivity index (χ2n) is 8.41.